The lowest BCUT2D eigenvalue weighted by Crippen LogP contribution is -2.05. The topological polar surface area (TPSA) is 52.3 Å². The molecule has 0 radical (unpaired) electrons. The third kappa shape index (κ3) is 2.72. The lowest BCUT2D eigenvalue weighted by Gasteiger charge is -2.08. The number of hydrogen-bond acceptors (Lipinski definition) is 3. The van der Waals surface area contributed by atoms with E-state index in [2.05, 4.69) is 27.6 Å². The van der Waals surface area contributed by atoms with E-state index in [9.17, 15) is 4.79 Å². The van der Waals surface area contributed by atoms with Crippen molar-refractivity contribution in [2.45, 2.75) is 19.8 Å². The summed E-state index contributed by atoms with van der Waals surface area (Å²) in [6, 6.07) is 3.53. The average Bonchev–Trinajstić information content (AvgIpc) is 2.21. The molecular formula is C11H14BrNO2. The zero-order valence-corrected chi connectivity index (χ0v) is 10.4. The van der Waals surface area contributed by atoms with Crippen LogP contribution in [0.1, 0.15) is 29.3 Å². The normalized spacial score (nSPS) is 10.1. The van der Waals surface area contributed by atoms with Gasteiger partial charge in [-0.25, -0.2) is 4.79 Å². The van der Waals surface area contributed by atoms with Gasteiger partial charge in [-0.2, -0.15) is 0 Å². The fourth-order valence-electron chi connectivity index (χ4n) is 1.39. The Balaban J connectivity index is 3.17. The molecule has 0 aliphatic rings. The number of carbonyl (C=O) groups is 1. The van der Waals surface area contributed by atoms with Crippen molar-refractivity contribution in [3.63, 3.8) is 0 Å². The van der Waals surface area contributed by atoms with E-state index in [4.69, 9.17) is 5.73 Å². The molecule has 0 aromatic heterocycles. The monoisotopic (exact) mass is 271 g/mol. The van der Waals surface area contributed by atoms with Crippen LogP contribution >= 0.6 is 15.9 Å². The number of carbonyl (C=O) groups excluding carboxylic acids is 1. The second-order valence-corrected chi connectivity index (χ2v) is 4.13. The molecule has 0 saturated heterocycles. The van der Waals surface area contributed by atoms with E-state index in [1.807, 2.05) is 0 Å². The molecule has 0 fully saturated rings. The molecule has 0 aliphatic heterocycles. The van der Waals surface area contributed by atoms with Crippen molar-refractivity contribution in [3.8, 4) is 0 Å². The minimum Gasteiger partial charge on any atom is -0.465 e. The van der Waals surface area contributed by atoms with Gasteiger partial charge >= 0.3 is 5.97 Å². The Hall–Kier alpha value is -1.03. The highest BCUT2D eigenvalue weighted by Gasteiger charge is 2.12. The van der Waals surface area contributed by atoms with Gasteiger partial charge in [0.1, 0.15) is 0 Å². The zero-order valence-electron chi connectivity index (χ0n) is 8.84. The quantitative estimate of drug-likeness (QED) is 0.680. The minimum absolute atomic E-state index is 0.348. The van der Waals surface area contributed by atoms with Crippen LogP contribution in [0.4, 0.5) is 5.69 Å². The van der Waals surface area contributed by atoms with Gasteiger partial charge in [0.15, 0.2) is 0 Å². The van der Waals surface area contributed by atoms with Gasteiger partial charge < -0.3 is 10.5 Å². The second kappa shape index (κ2) is 5.16. The first-order valence-electron chi connectivity index (χ1n) is 4.76. The van der Waals surface area contributed by atoms with Gasteiger partial charge in [0.25, 0.3) is 0 Å². The molecule has 0 bridgehead atoms. The predicted octanol–water partition coefficient (Wildman–Crippen LogP) is 2.77. The maximum Gasteiger partial charge on any atom is 0.339 e. The molecular weight excluding hydrogens is 258 g/mol. The van der Waals surface area contributed by atoms with E-state index in [-0.39, 0.29) is 5.97 Å². The van der Waals surface area contributed by atoms with Gasteiger partial charge in [-0.1, -0.05) is 13.3 Å². The number of hydrogen-bond donors (Lipinski definition) is 1. The first-order chi connectivity index (χ1) is 7.10. The highest BCUT2D eigenvalue weighted by molar-refractivity contribution is 9.10. The zero-order chi connectivity index (χ0) is 11.4. The number of rotatable bonds is 3. The van der Waals surface area contributed by atoms with Gasteiger partial charge in [0.05, 0.1) is 12.7 Å². The molecule has 0 aliphatic carbocycles. The fraction of sp³-hybridized carbons (Fsp3) is 0.364. The van der Waals surface area contributed by atoms with Crippen molar-refractivity contribution in [3.05, 3.63) is 27.7 Å². The lowest BCUT2D eigenvalue weighted by atomic mass is 10.0. The molecule has 0 unspecified atom stereocenters. The largest absolute Gasteiger partial charge is 0.465 e. The summed E-state index contributed by atoms with van der Waals surface area (Å²) in [7, 11) is 1.37. The summed E-state index contributed by atoms with van der Waals surface area (Å²) in [6.45, 7) is 2.07. The summed E-state index contributed by atoms with van der Waals surface area (Å²) in [5.74, 6) is -0.348. The van der Waals surface area contributed by atoms with Gasteiger partial charge in [0.2, 0.25) is 0 Å². The van der Waals surface area contributed by atoms with Crippen molar-refractivity contribution >= 4 is 27.6 Å². The van der Waals surface area contributed by atoms with Crippen LogP contribution in [0.3, 0.4) is 0 Å². The molecule has 0 atom stereocenters. The summed E-state index contributed by atoms with van der Waals surface area (Å²) >= 11 is 3.29. The lowest BCUT2D eigenvalue weighted by molar-refractivity contribution is 0.0599. The van der Waals surface area contributed by atoms with Crippen molar-refractivity contribution in [2.75, 3.05) is 12.8 Å². The molecule has 4 heteroatoms. The number of esters is 1. The highest BCUT2D eigenvalue weighted by Crippen LogP contribution is 2.25. The highest BCUT2D eigenvalue weighted by atomic mass is 79.9. The number of halogens is 1. The summed E-state index contributed by atoms with van der Waals surface area (Å²) < 4.78 is 5.35. The molecule has 82 valence electrons. The van der Waals surface area contributed by atoms with Gasteiger partial charge in [-0.15, -0.1) is 0 Å². The standard InChI is InChI=1S/C11H14BrNO2/c1-3-4-7-5-8(11(14)15-2)9(12)6-10(7)13/h5-6H,3-4,13H2,1-2H3. The molecule has 3 nitrogen and oxygen atoms in total. The number of nitrogen functional groups attached to an aromatic ring is 1. The fourth-order valence-corrected chi connectivity index (χ4v) is 1.91. The van der Waals surface area contributed by atoms with E-state index in [0.29, 0.717) is 15.7 Å². The Morgan fingerprint density at radius 2 is 2.20 bits per heavy atom. The molecule has 0 saturated carbocycles. The van der Waals surface area contributed by atoms with Crippen LogP contribution in [0.25, 0.3) is 0 Å². The Labute approximate surface area is 97.7 Å². The molecule has 0 spiro atoms. The molecule has 1 rings (SSSR count). The molecule has 1 aromatic carbocycles. The van der Waals surface area contributed by atoms with E-state index >= 15 is 0 Å². The van der Waals surface area contributed by atoms with Crippen LogP contribution in [0.15, 0.2) is 16.6 Å². The smallest absolute Gasteiger partial charge is 0.339 e. The van der Waals surface area contributed by atoms with Crippen LogP contribution in [0.5, 0.6) is 0 Å². The van der Waals surface area contributed by atoms with Gasteiger partial charge in [-0.05, 0) is 40.0 Å². The Morgan fingerprint density at radius 1 is 1.53 bits per heavy atom. The first kappa shape index (κ1) is 12.0. The SMILES string of the molecule is CCCc1cc(C(=O)OC)c(Br)cc1N. The van der Waals surface area contributed by atoms with Crippen LogP contribution < -0.4 is 5.73 Å². The molecule has 0 heterocycles. The third-order valence-corrected chi connectivity index (χ3v) is 2.81. The van der Waals surface area contributed by atoms with E-state index in [0.717, 1.165) is 18.4 Å². The number of anilines is 1. The van der Waals surface area contributed by atoms with E-state index in [1.165, 1.54) is 7.11 Å². The molecule has 0 amide bonds. The van der Waals surface area contributed by atoms with Crippen molar-refractivity contribution in [2.24, 2.45) is 0 Å². The molecule has 2 N–H and O–H groups in total. The van der Waals surface area contributed by atoms with Crippen molar-refractivity contribution in [1.29, 1.82) is 0 Å². The van der Waals surface area contributed by atoms with Gasteiger partial charge in [-0.3, -0.25) is 0 Å². The summed E-state index contributed by atoms with van der Waals surface area (Å²) in [5.41, 5.74) is 8.05. The summed E-state index contributed by atoms with van der Waals surface area (Å²) in [4.78, 5) is 11.4. The van der Waals surface area contributed by atoms with Crippen molar-refractivity contribution < 1.29 is 9.53 Å². The van der Waals surface area contributed by atoms with Crippen LogP contribution in [-0.4, -0.2) is 13.1 Å². The third-order valence-electron chi connectivity index (χ3n) is 2.15. The Bertz CT molecular complexity index is 377. The van der Waals surface area contributed by atoms with Crippen LogP contribution in [0.2, 0.25) is 0 Å². The maximum atomic E-state index is 11.4. The maximum absolute atomic E-state index is 11.4. The second-order valence-electron chi connectivity index (χ2n) is 3.27. The van der Waals surface area contributed by atoms with Crippen molar-refractivity contribution in [1.82, 2.24) is 0 Å². The minimum atomic E-state index is -0.348. The Kier molecular flexibility index (Phi) is 4.15. The number of ether oxygens (including phenoxy) is 1. The van der Waals surface area contributed by atoms with Crippen LogP contribution in [0, 0.1) is 0 Å². The number of methoxy groups -OCH3 is 1. The number of aryl methyl sites for hydroxylation is 1. The molecule has 1 aromatic rings. The number of benzene rings is 1. The van der Waals surface area contributed by atoms with E-state index in [1.54, 1.807) is 12.1 Å². The predicted molar refractivity (Wildman–Crippen MR) is 63.9 cm³/mol. The van der Waals surface area contributed by atoms with E-state index < -0.39 is 0 Å². The average molecular weight is 272 g/mol. The first-order valence-corrected chi connectivity index (χ1v) is 5.55. The summed E-state index contributed by atoms with van der Waals surface area (Å²) in [5, 5.41) is 0. The molecule has 15 heavy (non-hydrogen) atoms. The van der Waals surface area contributed by atoms with Gasteiger partial charge in [0, 0.05) is 10.2 Å². The number of nitrogens with two attached hydrogens (primary N) is 1. The Morgan fingerprint density at radius 3 is 2.73 bits per heavy atom. The van der Waals surface area contributed by atoms with Crippen LogP contribution in [-0.2, 0) is 11.2 Å². The summed E-state index contributed by atoms with van der Waals surface area (Å²) in [6.07, 6.45) is 1.86.